The van der Waals surface area contributed by atoms with Crippen molar-refractivity contribution < 1.29 is 0 Å². The van der Waals surface area contributed by atoms with Gasteiger partial charge in [-0.2, -0.15) is 0 Å². The fraction of sp³-hybridized carbons (Fsp3) is 0.692. The summed E-state index contributed by atoms with van der Waals surface area (Å²) >= 11 is 0. The van der Waals surface area contributed by atoms with Crippen molar-refractivity contribution in [3.05, 3.63) is 18.1 Å². The maximum Gasteiger partial charge on any atom is 0.131 e. The lowest BCUT2D eigenvalue weighted by molar-refractivity contribution is 0.544. The highest BCUT2D eigenvalue weighted by atomic mass is 15.2. The number of hydrogen-bond acceptors (Lipinski definition) is 4. The average Bonchev–Trinajstić information content (AvgIpc) is 2.83. The minimum Gasteiger partial charge on any atom is -0.359 e. The van der Waals surface area contributed by atoms with E-state index in [9.17, 15) is 0 Å². The van der Waals surface area contributed by atoms with Gasteiger partial charge in [-0.15, -0.1) is 0 Å². The van der Waals surface area contributed by atoms with Crippen molar-refractivity contribution in [1.82, 2.24) is 9.97 Å². The van der Waals surface area contributed by atoms with Crippen LogP contribution in [0.5, 0.6) is 0 Å². The molecule has 1 aromatic heterocycles. The van der Waals surface area contributed by atoms with E-state index in [0.29, 0.717) is 6.54 Å². The zero-order chi connectivity index (χ0) is 12.1. The van der Waals surface area contributed by atoms with E-state index in [2.05, 4.69) is 21.9 Å². The van der Waals surface area contributed by atoms with Crippen LogP contribution in [0.4, 0.5) is 5.82 Å². The van der Waals surface area contributed by atoms with Crippen LogP contribution >= 0.6 is 0 Å². The molecule has 1 aliphatic carbocycles. The zero-order valence-corrected chi connectivity index (χ0v) is 10.6. The first-order chi connectivity index (χ1) is 8.29. The Labute approximate surface area is 103 Å². The molecular formula is C13H22N4. The molecule has 1 aromatic rings. The fourth-order valence-corrected chi connectivity index (χ4v) is 2.52. The molecule has 0 spiro atoms. The van der Waals surface area contributed by atoms with Crippen LogP contribution in [0.25, 0.3) is 0 Å². The summed E-state index contributed by atoms with van der Waals surface area (Å²) in [5.41, 5.74) is 5.53. The Hall–Kier alpha value is -1.16. The van der Waals surface area contributed by atoms with Gasteiger partial charge >= 0.3 is 0 Å². The molecule has 4 nitrogen and oxygen atoms in total. The second-order valence-corrected chi connectivity index (χ2v) is 4.90. The molecule has 4 heteroatoms. The van der Waals surface area contributed by atoms with Crippen molar-refractivity contribution in [3.8, 4) is 0 Å². The van der Waals surface area contributed by atoms with E-state index in [4.69, 9.17) is 5.73 Å². The molecule has 94 valence electrons. The van der Waals surface area contributed by atoms with Crippen LogP contribution in [-0.2, 0) is 6.42 Å². The summed E-state index contributed by atoms with van der Waals surface area (Å²) in [6.07, 6.45) is 8.10. The van der Waals surface area contributed by atoms with Gasteiger partial charge in [-0.1, -0.05) is 12.8 Å². The SMILES string of the molecule is CN(CC1CCCC1)c1ccnc(CCN)n1. The number of aromatic nitrogens is 2. The number of rotatable bonds is 5. The van der Waals surface area contributed by atoms with Gasteiger partial charge in [0.25, 0.3) is 0 Å². The normalized spacial score (nSPS) is 16.4. The smallest absolute Gasteiger partial charge is 0.131 e. The van der Waals surface area contributed by atoms with Crippen LogP contribution < -0.4 is 10.6 Å². The van der Waals surface area contributed by atoms with Crippen molar-refractivity contribution in [3.63, 3.8) is 0 Å². The predicted octanol–water partition coefficient (Wildman–Crippen LogP) is 1.60. The molecule has 0 unspecified atom stereocenters. The highest BCUT2D eigenvalue weighted by Crippen LogP contribution is 2.26. The van der Waals surface area contributed by atoms with Gasteiger partial charge in [0.15, 0.2) is 0 Å². The Balaban J connectivity index is 1.97. The number of anilines is 1. The monoisotopic (exact) mass is 234 g/mol. The Morgan fingerprint density at radius 2 is 2.18 bits per heavy atom. The predicted molar refractivity (Wildman–Crippen MR) is 70.0 cm³/mol. The minimum absolute atomic E-state index is 0.607. The second kappa shape index (κ2) is 5.96. The summed E-state index contributed by atoms with van der Waals surface area (Å²) in [4.78, 5) is 11.0. The lowest BCUT2D eigenvalue weighted by Gasteiger charge is -2.22. The first-order valence-electron chi connectivity index (χ1n) is 6.52. The molecule has 1 heterocycles. The van der Waals surface area contributed by atoms with Gasteiger partial charge in [0.2, 0.25) is 0 Å². The maximum absolute atomic E-state index is 5.53. The van der Waals surface area contributed by atoms with Gasteiger partial charge in [-0.25, -0.2) is 9.97 Å². The molecule has 2 N–H and O–H groups in total. The molecule has 0 bridgehead atoms. The van der Waals surface area contributed by atoms with E-state index in [-0.39, 0.29) is 0 Å². The molecule has 0 radical (unpaired) electrons. The van der Waals surface area contributed by atoms with Crippen molar-refractivity contribution in [2.75, 3.05) is 25.0 Å². The Bertz CT molecular complexity index is 347. The number of hydrogen-bond donors (Lipinski definition) is 1. The van der Waals surface area contributed by atoms with E-state index >= 15 is 0 Å². The van der Waals surface area contributed by atoms with Crippen LogP contribution in [0.15, 0.2) is 12.3 Å². The van der Waals surface area contributed by atoms with Gasteiger partial charge in [0.05, 0.1) is 0 Å². The summed E-state index contributed by atoms with van der Waals surface area (Å²) in [5, 5.41) is 0. The molecule has 0 saturated heterocycles. The van der Waals surface area contributed by atoms with Crippen LogP contribution in [-0.4, -0.2) is 30.1 Å². The molecule has 0 amide bonds. The summed E-state index contributed by atoms with van der Waals surface area (Å²) in [7, 11) is 2.12. The Morgan fingerprint density at radius 1 is 1.41 bits per heavy atom. The van der Waals surface area contributed by atoms with Gasteiger partial charge in [0.1, 0.15) is 11.6 Å². The molecule has 0 atom stereocenters. The standard InChI is InChI=1S/C13H22N4/c1-17(10-11-4-2-3-5-11)13-7-9-15-12(16-13)6-8-14/h7,9,11H,2-6,8,10,14H2,1H3. The van der Waals surface area contributed by atoms with E-state index in [0.717, 1.165) is 30.5 Å². The molecule has 0 aromatic carbocycles. The summed E-state index contributed by atoms with van der Waals surface area (Å²) in [6, 6.07) is 1.98. The molecular weight excluding hydrogens is 212 g/mol. The summed E-state index contributed by atoms with van der Waals surface area (Å²) < 4.78 is 0. The van der Waals surface area contributed by atoms with Gasteiger partial charge in [-0.05, 0) is 31.4 Å². The lowest BCUT2D eigenvalue weighted by atomic mass is 10.1. The average molecular weight is 234 g/mol. The largest absolute Gasteiger partial charge is 0.359 e. The lowest BCUT2D eigenvalue weighted by Crippen LogP contribution is -2.25. The van der Waals surface area contributed by atoms with Gasteiger partial charge in [0, 0.05) is 26.2 Å². The molecule has 1 saturated carbocycles. The van der Waals surface area contributed by atoms with Crippen molar-refractivity contribution in [2.45, 2.75) is 32.1 Å². The third kappa shape index (κ3) is 3.40. The van der Waals surface area contributed by atoms with Crippen LogP contribution in [0.1, 0.15) is 31.5 Å². The van der Waals surface area contributed by atoms with Crippen LogP contribution in [0.2, 0.25) is 0 Å². The van der Waals surface area contributed by atoms with E-state index in [1.54, 1.807) is 0 Å². The highest BCUT2D eigenvalue weighted by molar-refractivity contribution is 5.36. The van der Waals surface area contributed by atoms with Crippen molar-refractivity contribution in [2.24, 2.45) is 11.7 Å². The van der Waals surface area contributed by atoms with E-state index in [1.807, 2.05) is 12.3 Å². The molecule has 1 fully saturated rings. The number of nitrogens with zero attached hydrogens (tertiary/aromatic N) is 3. The second-order valence-electron chi connectivity index (χ2n) is 4.90. The fourth-order valence-electron chi connectivity index (χ4n) is 2.52. The van der Waals surface area contributed by atoms with Gasteiger partial charge in [-0.3, -0.25) is 0 Å². The molecule has 1 aliphatic rings. The third-order valence-corrected chi connectivity index (χ3v) is 3.46. The minimum atomic E-state index is 0.607. The zero-order valence-electron chi connectivity index (χ0n) is 10.6. The summed E-state index contributed by atoms with van der Waals surface area (Å²) in [6.45, 7) is 1.72. The van der Waals surface area contributed by atoms with Crippen LogP contribution in [0, 0.1) is 5.92 Å². The topological polar surface area (TPSA) is 55.0 Å². The van der Waals surface area contributed by atoms with E-state index < -0.39 is 0 Å². The highest BCUT2D eigenvalue weighted by Gasteiger charge is 2.17. The van der Waals surface area contributed by atoms with Crippen LogP contribution in [0.3, 0.4) is 0 Å². The maximum atomic E-state index is 5.53. The van der Waals surface area contributed by atoms with E-state index in [1.165, 1.54) is 25.7 Å². The molecule has 2 rings (SSSR count). The van der Waals surface area contributed by atoms with Crippen molar-refractivity contribution >= 4 is 5.82 Å². The first kappa shape index (κ1) is 12.3. The summed E-state index contributed by atoms with van der Waals surface area (Å²) in [5.74, 6) is 2.71. The first-order valence-corrected chi connectivity index (χ1v) is 6.52. The van der Waals surface area contributed by atoms with Gasteiger partial charge < -0.3 is 10.6 Å². The third-order valence-electron chi connectivity index (χ3n) is 3.46. The van der Waals surface area contributed by atoms with Crippen molar-refractivity contribution in [1.29, 1.82) is 0 Å². The molecule has 17 heavy (non-hydrogen) atoms. The Morgan fingerprint density at radius 3 is 2.88 bits per heavy atom. The quantitative estimate of drug-likeness (QED) is 0.841. The molecule has 0 aliphatic heterocycles. The Kier molecular flexibility index (Phi) is 4.31. The number of nitrogens with two attached hydrogens (primary N) is 1.